The number of methoxy groups -OCH3 is 1. The number of hydrogen-bond acceptors (Lipinski definition) is 1. The molecule has 1 nitrogen and oxygen atoms in total. The Hall–Kier alpha value is -0.640. The Bertz CT molecular complexity index is 164. The number of hydrogen-bond donors (Lipinski definition) is 0. The fourth-order valence-electron chi connectivity index (χ4n) is 1.65. The van der Waals surface area contributed by atoms with Gasteiger partial charge in [-0.25, -0.2) is 0 Å². The zero-order chi connectivity index (χ0) is 11.2. The van der Waals surface area contributed by atoms with E-state index >= 15 is 0 Å². The van der Waals surface area contributed by atoms with Crippen LogP contribution in [0.2, 0.25) is 0 Å². The fraction of sp³-hybridized carbons (Fsp3) is 0.857. The van der Waals surface area contributed by atoms with Crippen molar-refractivity contribution < 1.29 is 4.74 Å². The van der Waals surface area contributed by atoms with Gasteiger partial charge in [0.2, 0.25) is 0 Å². The van der Waals surface area contributed by atoms with E-state index in [1.807, 2.05) is 0 Å². The highest BCUT2D eigenvalue weighted by atomic mass is 16.5. The molecule has 0 aromatic rings. The van der Waals surface area contributed by atoms with E-state index in [9.17, 15) is 0 Å². The van der Waals surface area contributed by atoms with Crippen LogP contribution in [0.15, 0.2) is 0 Å². The smallest absolute Gasteiger partial charge is 0.109 e. The summed E-state index contributed by atoms with van der Waals surface area (Å²) < 4.78 is 4.66. The quantitative estimate of drug-likeness (QED) is 0.402. The predicted molar refractivity (Wildman–Crippen MR) is 66.6 cm³/mol. The molecular formula is C14H26O. The molecule has 0 bridgehead atoms. The van der Waals surface area contributed by atoms with Crippen molar-refractivity contribution in [3.8, 4) is 12.0 Å². The molecule has 0 aromatic carbocycles. The van der Waals surface area contributed by atoms with Gasteiger partial charge in [-0.2, -0.15) is 0 Å². The summed E-state index contributed by atoms with van der Waals surface area (Å²) in [5, 5.41) is 0. The van der Waals surface area contributed by atoms with Crippen LogP contribution < -0.4 is 0 Å². The Kier molecular flexibility index (Phi) is 12.8. The summed E-state index contributed by atoms with van der Waals surface area (Å²) in [5.41, 5.74) is 0. The molecule has 15 heavy (non-hydrogen) atoms. The van der Waals surface area contributed by atoms with E-state index in [1.54, 1.807) is 7.11 Å². The van der Waals surface area contributed by atoms with E-state index in [-0.39, 0.29) is 0 Å². The zero-order valence-electron chi connectivity index (χ0n) is 10.5. The lowest BCUT2D eigenvalue weighted by Crippen LogP contribution is -1.80. The average Bonchev–Trinajstić information content (AvgIpc) is 2.26. The first-order chi connectivity index (χ1) is 7.41. The lowest BCUT2D eigenvalue weighted by atomic mass is 10.1. The van der Waals surface area contributed by atoms with Gasteiger partial charge in [0.05, 0.1) is 7.11 Å². The molecule has 1 heteroatoms. The van der Waals surface area contributed by atoms with E-state index < -0.39 is 0 Å². The van der Waals surface area contributed by atoms with Crippen molar-refractivity contribution in [2.45, 2.75) is 71.1 Å². The molecule has 0 aliphatic carbocycles. The van der Waals surface area contributed by atoms with Crippen LogP contribution >= 0.6 is 0 Å². The molecule has 0 aliphatic rings. The summed E-state index contributed by atoms with van der Waals surface area (Å²) in [5.74, 6) is 2.98. The topological polar surface area (TPSA) is 9.23 Å². The van der Waals surface area contributed by atoms with Gasteiger partial charge < -0.3 is 4.74 Å². The van der Waals surface area contributed by atoms with E-state index in [2.05, 4.69) is 23.7 Å². The summed E-state index contributed by atoms with van der Waals surface area (Å²) in [6.07, 6.45) is 16.0. The van der Waals surface area contributed by atoms with Gasteiger partial charge >= 0.3 is 0 Å². The van der Waals surface area contributed by atoms with Crippen LogP contribution in [0.4, 0.5) is 0 Å². The molecule has 0 aromatic heterocycles. The first kappa shape index (κ1) is 14.4. The van der Waals surface area contributed by atoms with Crippen molar-refractivity contribution in [3.63, 3.8) is 0 Å². The number of unbranched alkanes of at least 4 members (excludes halogenated alkanes) is 9. The molecule has 0 amide bonds. The molecule has 0 unspecified atom stereocenters. The van der Waals surface area contributed by atoms with Crippen molar-refractivity contribution in [2.24, 2.45) is 0 Å². The standard InChI is InChI=1S/C14H26O/c1-3-4-5-6-7-8-9-10-11-12-13-14-15-2/h3-12H2,1-2H3. The van der Waals surface area contributed by atoms with Crippen molar-refractivity contribution in [2.75, 3.05) is 7.11 Å². The molecular weight excluding hydrogens is 184 g/mol. The Labute approximate surface area is 95.6 Å². The van der Waals surface area contributed by atoms with Crippen LogP contribution in [0.1, 0.15) is 71.1 Å². The van der Waals surface area contributed by atoms with Gasteiger partial charge in [0.15, 0.2) is 0 Å². The lowest BCUT2D eigenvalue weighted by Gasteiger charge is -1.99. The van der Waals surface area contributed by atoms with Crippen molar-refractivity contribution >= 4 is 0 Å². The average molecular weight is 210 g/mol. The maximum atomic E-state index is 4.66. The molecule has 0 saturated carbocycles. The first-order valence-electron chi connectivity index (χ1n) is 6.42. The van der Waals surface area contributed by atoms with Crippen molar-refractivity contribution in [1.29, 1.82) is 0 Å². The molecule has 0 radical (unpaired) electrons. The largest absolute Gasteiger partial charge is 0.450 e. The predicted octanol–water partition coefficient (Wildman–Crippen LogP) is 4.51. The Morgan fingerprint density at radius 2 is 1.33 bits per heavy atom. The van der Waals surface area contributed by atoms with Crippen LogP contribution in [0.5, 0.6) is 0 Å². The second kappa shape index (κ2) is 13.4. The molecule has 0 aliphatic heterocycles. The summed E-state index contributed by atoms with van der Waals surface area (Å²) in [6, 6.07) is 0. The minimum Gasteiger partial charge on any atom is -0.450 e. The molecule has 0 rings (SSSR count). The van der Waals surface area contributed by atoms with Crippen LogP contribution in [0, 0.1) is 12.0 Å². The molecule has 0 atom stereocenters. The van der Waals surface area contributed by atoms with E-state index in [4.69, 9.17) is 0 Å². The highest BCUT2D eigenvalue weighted by molar-refractivity contribution is 4.90. The van der Waals surface area contributed by atoms with E-state index in [0.717, 1.165) is 6.42 Å². The van der Waals surface area contributed by atoms with Gasteiger partial charge in [0.1, 0.15) is 6.11 Å². The van der Waals surface area contributed by atoms with Crippen molar-refractivity contribution in [1.82, 2.24) is 0 Å². The highest BCUT2D eigenvalue weighted by Gasteiger charge is 1.90. The van der Waals surface area contributed by atoms with Gasteiger partial charge in [-0.1, -0.05) is 64.2 Å². The second-order valence-electron chi connectivity index (χ2n) is 4.06. The van der Waals surface area contributed by atoms with Gasteiger partial charge in [-0.15, -0.1) is 0 Å². The Morgan fingerprint density at radius 1 is 0.800 bits per heavy atom. The number of ether oxygens (including phenoxy) is 1. The molecule has 0 saturated heterocycles. The molecule has 88 valence electrons. The third-order valence-corrected chi connectivity index (χ3v) is 2.58. The molecule has 0 heterocycles. The van der Waals surface area contributed by atoms with Gasteiger partial charge in [-0.3, -0.25) is 0 Å². The van der Waals surface area contributed by atoms with Gasteiger partial charge in [-0.05, 0) is 6.42 Å². The maximum Gasteiger partial charge on any atom is 0.109 e. The van der Waals surface area contributed by atoms with Crippen LogP contribution in [-0.2, 0) is 4.74 Å². The minimum atomic E-state index is 0.990. The summed E-state index contributed by atoms with van der Waals surface area (Å²) in [7, 11) is 1.61. The second-order valence-corrected chi connectivity index (χ2v) is 4.06. The monoisotopic (exact) mass is 210 g/mol. The van der Waals surface area contributed by atoms with Crippen LogP contribution in [-0.4, -0.2) is 7.11 Å². The summed E-state index contributed by atoms with van der Waals surface area (Å²) in [6.45, 7) is 2.26. The lowest BCUT2D eigenvalue weighted by molar-refractivity contribution is 0.371. The Morgan fingerprint density at radius 3 is 1.87 bits per heavy atom. The van der Waals surface area contributed by atoms with Gasteiger partial charge in [0.25, 0.3) is 0 Å². The van der Waals surface area contributed by atoms with E-state index in [0.29, 0.717) is 0 Å². The molecule has 0 N–H and O–H groups in total. The van der Waals surface area contributed by atoms with E-state index in [1.165, 1.54) is 57.8 Å². The minimum absolute atomic E-state index is 0.990. The third kappa shape index (κ3) is 13.4. The highest BCUT2D eigenvalue weighted by Crippen LogP contribution is 2.09. The summed E-state index contributed by atoms with van der Waals surface area (Å²) >= 11 is 0. The summed E-state index contributed by atoms with van der Waals surface area (Å²) in [4.78, 5) is 0. The molecule has 0 fully saturated rings. The molecule has 0 spiro atoms. The normalized spacial score (nSPS) is 9.47. The van der Waals surface area contributed by atoms with Crippen molar-refractivity contribution in [3.05, 3.63) is 0 Å². The third-order valence-electron chi connectivity index (χ3n) is 2.58. The van der Waals surface area contributed by atoms with Gasteiger partial charge in [0, 0.05) is 6.42 Å². The number of rotatable bonds is 9. The van der Waals surface area contributed by atoms with Crippen LogP contribution in [0.3, 0.4) is 0 Å². The maximum absolute atomic E-state index is 4.66. The van der Waals surface area contributed by atoms with Crippen LogP contribution in [0.25, 0.3) is 0 Å². The fourth-order valence-corrected chi connectivity index (χ4v) is 1.65. The zero-order valence-corrected chi connectivity index (χ0v) is 10.5. The Balaban J connectivity index is 2.92. The SMILES string of the molecule is CCCCCCCCCCCC#COC. The first-order valence-corrected chi connectivity index (χ1v) is 6.42.